The fourth-order valence-corrected chi connectivity index (χ4v) is 2.80. The molecule has 2 aliphatic heterocycles. The van der Waals surface area contributed by atoms with Gasteiger partial charge in [-0.15, -0.1) is 12.4 Å². The molecule has 1 N–H and O–H groups in total. The highest BCUT2D eigenvalue weighted by Crippen LogP contribution is 2.20. The van der Waals surface area contributed by atoms with Gasteiger partial charge in [-0.2, -0.15) is 0 Å². The van der Waals surface area contributed by atoms with Gasteiger partial charge in [0.25, 0.3) is 0 Å². The van der Waals surface area contributed by atoms with Crippen molar-refractivity contribution in [3.8, 4) is 0 Å². The summed E-state index contributed by atoms with van der Waals surface area (Å²) in [7, 11) is 0. The van der Waals surface area contributed by atoms with Crippen LogP contribution >= 0.6 is 12.4 Å². The van der Waals surface area contributed by atoms with Crippen molar-refractivity contribution in [3.05, 3.63) is 0 Å². The van der Waals surface area contributed by atoms with Gasteiger partial charge in [0.15, 0.2) is 0 Å². The third kappa shape index (κ3) is 3.59. The fraction of sp³-hybridized carbons (Fsp3) is 0.923. The number of morpholine rings is 1. The van der Waals surface area contributed by atoms with Gasteiger partial charge in [0.2, 0.25) is 5.91 Å². The molecule has 1 unspecified atom stereocenters. The molecule has 0 aliphatic carbocycles. The van der Waals surface area contributed by atoms with Gasteiger partial charge in [-0.1, -0.05) is 13.3 Å². The number of nitrogens with one attached hydrogen (secondary N) is 1. The zero-order valence-corrected chi connectivity index (χ0v) is 12.2. The number of halogens is 1. The first-order chi connectivity index (χ1) is 8.22. The number of nitrogens with zero attached hydrogens (tertiary/aromatic N) is 1. The maximum Gasteiger partial charge on any atom is 0.242 e. The average molecular weight is 277 g/mol. The molecule has 0 bridgehead atoms. The Kier molecular flexibility index (Phi) is 6.39. The number of amides is 1. The Morgan fingerprint density at radius 2 is 2.28 bits per heavy atom. The lowest BCUT2D eigenvalue weighted by atomic mass is 9.95. The van der Waals surface area contributed by atoms with Crippen LogP contribution < -0.4 is 5.32 Å². The minimum absolute atomic E-state index is 0. The summed E-state index contributed by atoms with van der Waals surface area (Å²) in [6, 6.07) is -0.139. The Labute approximate surface area is 116 Å². The Morgan fingerprint density at radius 3 is 2.94 bits per heavy atom. The zero-order chi connectivity index (χ0) is 12.3. The second kappa shape index (κ2) is 7.31. The molecule has 0 aromatic heterocycles. The van der Waals surface area contributed by atoms with Crippen molar-refractivity contribution in [2.45, 2.75) is 45.3 Å². The van der Waals surface area contributed by atoms with Crippen molar-refractivity contribution >= 4 is 18.3 Å². The summed E-state index contributed by atoms with van der Waals surface area (Å²) in [5.74, 6) is 0.919. The molecule has 1 amide bonds. The van der Waals surface area contributed by atoms with Crippen LogP contribution in [0.3, 0.4) is 0 Å². The summed E-state index contributed by atoms with van der Waals surface area (Å²) in [6.45, 7) is 7.54. The van der Waals surface area contributed by atoms with Crippen LogP contribution in [0.15, 0.2) is 0 Å². The Morgan fingerprint density at radius 1 is 1.50 bits per heavy atom. The summed E-state index contributed by atoms with van der Waals surface area (Å²) < 4.78 is 5.55. The monoisotopic (exact) mass is 276 g/mol. The maximum absolute atomic E-state index is 12.4. The molecule has 2 saturated heterocycles. The van der Waals surface area contributed by atoms with E-state index in [-0.39, 0.29) is 30.5 Å². The number of ether oxygens (including phenoxy) is 1. The number of carbonyl (C=O) groups excluding carboxylic acids is 1. The van der Waals surface area contributed by atoms with E-state index < -0.39 is 0 Å². The predicted octanol–water partition coefficient (Wildman–Crippen LogP) is 1.43. The SMILES string of the molecule is CCC1CCCN(C(=O)[C@H]2NCCO[C@@H]2C)C1.Cl. The van der Waals surface area contributed by atoms with Crippen LogP contribution in [0.2, 0.25) is 0 Å². The molecular weight excluding hydrogens is 252 g/mol. The van der Waals surface area contributed by atoms with Crippen LogP contribution in [-0.4, -0.2) is 49.2 Å². The molecule has 0 spiro atoms. The zero-order valence-electron chi connectivity index (χ0n) is 11.4. The van der Waals surface area contributed by atoms with Crippen molar-refractivity contribution in [3.63, 3.8) is 0 Å². The predicted molar refractivity (Wildman–Crippen MR) is 74.0 cm³/mol. The van der Waals surface area contributed by atoms with Gasteiger partial charge in [0.05, 0.1) is 12.7 Å². The number of hydrogen-bond donors (Lipinski definition) is 1. The molecule has 2 rings (SSSR count). The highest BCUT2D eigenvalue weighted by atomic mass is 35.5. The topological polar surface area (TPSA) is 41.6 Å². The molecule has 106 valence electrons. The van der Waals surface area contributed by atoms with Crippen molar-refractivity contribution in [2.75, 3.05) is 26.2 Å². The van der Waals surface area contributed by atoms with E-state index in [0.29, 0.717) is 12.5 Å². The molecule has 2 aliphatic rings. The number of carbonyl (C=O) groups is 1. The smallest absolute Gasteiger partial charge is 0.242 e. The van der Waals surface area contributed by atoms with E-state index in [2.05, 4.69) is 12.2 Å². The molecular formula is C13H25ClN2O2. The molecule has 4 nitrogen and oxygen atoms in total. The Balaban J connectivity index is 0.00000162. The van der Waals surface area contributed by atoms with Gasteiger partial charge in [-0.05, 0) is 25.7 Å². The van der Waals surface area contributed by atoms with Crippen molar-refractivity contribution in [1.29, 1.82) is 0 Å². The molecule has 2 heterocycles. The van der Waals surface area contributed by atoms with Crippen molar-refractivity contribution < 1.29 is 9.53 Å². The van der Waals surface area contributed by atoms with Crippen LogP contribution in [0, 0.1) is 5.92 Å². The van der Waals surface area contributed by atoms with E-state index in [1.165, 1.54) is 12.8 Å². The maximum atomic E-state index is 12.4. The van der Waals surface area contributed by atoms with E-state index in [1.807, 2.05) is 11.8 Å². The summed E-state index contributed by atoms with van der Waals surface area (Å²) in [5.41, 5.74) is 0. The van der Waals surface area contributed by atoms with E-state index >= 15 is 0 Å². The third-order valence-corrected chi connectivity index (χ3v) is 3.99. The molecule has 2 fully saturated rings. The first kappa shape index (κ1) is 15.7. The van der Waals surface area contributed by atoms with Crippen LogP contribution in [0.5, 0.6) is 0 Å². The van der Waals surface area contributed by atoms with Crippen LogP contribution in [0.4, 0.5) is 0 Å². The number of rotatable bonds is 2. The normalized spacial score (nSPS) is 32.8. The van der Waals surface area contributed by atoms with Gasteiger partial charge >= 0.3 is 0 Å². The Hall–Kier alpha value is -0.320. The summed E-state index contributed by atoms with van der Waals surface area (Å²) >= 11 is 0. The van der Waals surface area contributed by atoms with Crippen molar-refractivity contribution in [1.82, 2.24) is 10.2 Å². The quantitative estimate of drug-likeness (QED) is 0.830. The molecule has 3 atom stereocenters. The second-order valence-electron chi connectivity index (χ2n) is 5.21. The summed E-state index contributed by atoms with van der Waals surface area (Å²) in [4.78, 5) is 14.4. The number of likely N-dealkylation sites (tertiary alicyclic amines) is 1. The van der Waals surface area contributed by atoms with E-state index in [1.54, 1.807) is 0 Å². The highest BCUT2D eigenvalue weighted by Gasteiger charge is 2.33. The molecule has 0 aromatic carbocycles. The second-order valence-corrected chi connectivity index (χ2v) is 5.21. The van der Waals surface area contributed by atoms with Crippen molar-refractivity contribution in [2.24, 2.45) is 5.92 Å². The van der Waals surface area contributed by atoms with Gasteiger partial charge in [0, 0.05) is 19.6 Å². The largest absolute Gasteiger partial charge is 0.375 e. The molecule has 0 radical (unpaired) electrons. The van der Waals surface area contributed by atoms with Gasteiger partial charge < -0.3 is 15.0 Å². The lowest BCUT2D eigenvalue weighted by molar-refractivity contribution is -0.141. The van der Waals surface area contributed by atoms with E-state index in [4.69, 9.17) is 4.74 Å². The average Bonchev–Trinajstić information content (AvgIpc) is 2.38. The lowest BCUT2D eigenvalue weighted by Crippen LogP contribution is -2.57. The molecule has 0 aromatic rings. The van der Waals surface area contributed by atoms with Crippen LogP contribution in [-0.2, 0) is 9.53 Å². The first-order valence-corrected chi connectivity index (χ1v) is 6.86. The number of hydrogen-bond acceptors (Lipinski definition) is 3. The fourth-order valence-electron chi connectivity index (χ4n) is 2.80. The third-order valence-electron chi connectivity index (χ3n) is 3.99. The number of piperidine rings is 1. The van der Waals surface area contributed by atoms with Gasteiger partial charge in [-0.3, -0.25) is 4.79 Å². The first-order valence-electron chi connectivity index (χ1n) is 6.86. The molecule has 18 heavy (non-hydrogen) atoms. The summed E-state index contributed by atoms with van der Waals surface area (Å²) in [6.07, 6.45) is 3.59. The Bertz CT molecular complexity index is 276. The molecule has 5 heteroatoms. The lowest BCUT2D eigenvalue weighted by Gasteiger charge is -2.37. The van der Waals surface area contributed by atoms with Gasteiger partial charge in [0.1, 0.15) is 6.04 Å². The van der Waals surface area contributed by atoms with E-state index in [0.717, 1.165) is 26.1 Å². The van der Waals surface area contributed by atoms with E-state index in [9.17, 15) is 4.79 Å². The summed E-state index contributed by atoms with van der Waals surface area (Å²) in [5, 5.41) is 3.28. The minimum Gasteiger partial charge on any atom is -0.375 e. The van der Waals surface area contributed by atoms with Gasteiger partial charge in [-0.25, -0.2) is 0 Å². The minimum atomic E-state index is -0.139. The standard InChI is InChI=1S/C13H24N2O2.ClH/c1-3-11-5-4-7-15(9-11)13(16)12-10(2)17-8-6-14-12;/h10-12,14H,3-9H2,1-2H3;1H/t10-,11?,12+;/m1./s1. The highest BCUT2D eigenvalue weighted by molar-refractivity contribution is 5.85. The van der Waals surface area contributed by atoms with Crippen LogP contribution in [0.1, 0.15) is 33.1 Å². The van der Waals surface area contributed by atoms with Crippen LogP contribution in [0.25, 0.3) is 0 Å². The molecule has 0 saturated carbocycles.